The van der Waals surface area contributed by atoms with Gasteiger partial charge >= 0.3 is 0 Å². The van der Waals surface area contributed by atoms with Gasteiger partial charge < -0.3 is 0 Å². The summed E-state index contributed by atoms with van der Waals surface area (Å²) >= 11 is 0. The number of allylic oxidation sites excluding steroid dienone is 1. The highest BCUT2D eigenvalue weighted by atomic mass is 14.9. The second kappa shape index (κ2) is 24.4. The van der Waals surface area contributed by atoms with Crippen molar-refractivity contribution >= 4 is 12.1 Å². The minimum absolute atomic E-state index is 0.385. The first-order chi connectivity index (χ1) is 8.07. The normalized spacial score (nSPS) is 9.47. The molecule has 0 aliphatic heterocycles. The van der Waals surface area contributed by atoms with Crippen molar-refractivity contribution in [1.29, 1.82) is 0 Å². The van der Waals surface area contributed by atoms with Crippen LogP contribution in [0.3, 0.4) is 0 Å². The number of aliphatic imine (C=N–C) groups is 2. The summed E-state index contributed by atoms with van der Waals surface area (Å²) in [6.07, 6.45) is 1.74. The van der Waals surface area contributed by atoms with Crippen LogP contribution in [-0.2, 0) is 0 Å². The van der Waals surface area contributed by atoms with Crippen molar-refractivity contribution in [2.75, 3.05) is 7.05 Å². The summed E-state index contributed by atoms with van der Waals surface area (Å²) in [6.45, 7) is 21.8. The first-order valence-electron chi connectivity index (χ1n) is 6.74. The van der Waals surface area contributed by atoms with Crippen molar-refractivity contribution < 1.29 is 0 Å². The number of nitrogens with zero attached hydrogens (tertiary/aromatic N) is 2. The Bertz CT molecular complexity index is 189. The van der Waals surface area contributed by atoms with E-state index in [1.165, 1.54) is 0 Å². The zero-order valence-corrected chi connectivity index (χ0v) is 13.8. The molecule has 0 N–H and O–H groups in total. The summed E-state index contributed by atoms with van der Waals surface area (Å²) in [5.41, 5.74) is 0.951. The molecule has 0 unspecified atom stereocenters. The molecule has 0 fully saturated rings. The second-order valence-electron chi connectivity index (χ2n) is 2.84. The Morgan fingerprint density at radius 1 is 1.00 bits per heavy atom. The van der Waals surface area contributed by atoms with Gasteiger partial charge in [-0.2, -0.15) is 0 Å². The van der Waals surface area contributed by atoms with E-state index >= 15 is 0 Å². The average molecular weight is 242 g/mol. The highest BCUT2D eigenvalue weighted by Gasteiger charge is 1.99. The fraction of sp³-hybridized carbons (Fsp3) is 0.733. The van der Waals surface area contributed by atoms with E-state index in [9.17, 15) is 0 Å². The smallest absolute Gasteiger partial charge is 0.125 e. The largest absolute Gasteiger partial charge is 0.274 e. The maximum atomic E-state index is 4.17. The van der Waals surface area contributed by atoms with Crippen LogP contribution in [0.2, 0.25) is 0 Å². The molecule has 0 bridgehead atoms. The third-order valence-electron chi connectivity index (χ3n) is 1.16. The highest BCUT2D eigenvalue weighted by Crippen LogP contribution is 1.97. The average Bonchev–Trinajstić information content (AvgIpc) is 2.36. The van der Waals surface area contributed by atoms with Crippen LogP contribution in [0.4, 0.5) is 0 Å². The van der Waals surface area contributed by atoms with Gasteiger partial charge in [0.15, 0.2) is 0 Å². The van der Waals surface area contributed by atoms with Gasteiger partial charge in [-0.3, -0.25) is 4.99 Å². The number of hydrogen-bond acceptors (Lipinski definition) is 1. The predicted octanol–water partition coefficient (Wildman–Crippen LogP) is 5.40. The lowest BCUT2D eigenvalue weighted by atomic mass is 10.2. The molecule has 0 atom stereocenters. The van der Waals surface area contributed by atoms with E-state index in [0.29, 0.717) is 5.92 Å². The maximum Gasteiger partial charge on any atom is 0.125 e. The van der Waals surface area contributed by atoms with Gasteiger partial charge in [-0.25, -0.2) is 4.99 Å². The zero-order valence-electron chi connectivity index (χ0n) is 13.8. The SMILES string of the molecule is C=C(C)C=NC(=NC)C(C)C.CC.CC.CC. The van der Waals surface area contributed by atoms with Crippen molar-refractivity contribution in [3.63, 3.8) is 0 Å². The van der Waals surface area contributed by atoms with E-state index in [-0.39, 0.29) is 0 Å². The van der Waals surface area contributed by atoms with Crippen molar-refractivity contribution in [3.8, 4) is 0 Å². The molecule has 2 nitrogen and oxygen atoms in total. The van der Waals surface area contributed by atoms with E-state index in [0.717, 1.165) is 11.4 Å². The fourth-order valence-corrected chi connectivity index (χ4v) is 0.641. The van der Waals surface area contributed by atoms with Crippen LogP contribution < -0.4 is 0 Å². The fourth-order valence-electron chi connectivity index (χ4n) is 0.641. The Hall–Kier alpha value is -0.920. The Morgan fingerprint density at radius 2 is 1.35 bits per heavy atom. The molecule has 0 spiro atoms. The van der Waals surface area contributed by atoms with Gasteiger partial charge in [-0.1, -0.05) is 62.0 Å². The van der Waals surface area contributed by atoms with Crippen LogP contribution in [0.5, 0.6) is 0 Å². The summed E-state index contributed by atoms with van der Waals surface area (Å²) in [5, 5.41) is 0. The predicted molar refractivity (Wildman–Crippen MR) is 85.5 cm³/mol. The van der Waals surface area contributed by atoms with Gasteiger partial charge in [0.25, 0.3) is 0 Å². The molecule has 0 aromatic rings. The van der Waals surface area contributed by atoms with E-state index in [1.807, 2.05) is 48.5 Å². The molecule has 0 aromatic carbocycles. The second-order valence-corrected chi connectivity index (χ2v) is 2.84. The lowest BCUT2D eigenvalue weighted by molar-refractivity contribution is 0.870. The zero-order chi connectivity index (χ0) is 14.9. The third kappa shape index (κ3) is 25.4. The summed E-state index contributed by atoms with van der Waals surface area (Å²) in [5.74, 6) is 1.25. The third-order valence-corrected chi connectivity index (χ3v) is 1.16. The molecule has 0 heterocycles. The summed E-state index contributed by atoms with van der Waals surface area (Å²) in [6, 6.07) is 0. The van der Waals surface area contributed by atoms with E-state index in [1.54, 1.807) is 13.3 Å². The maximum absolute atomic E-state index is 4.17. The summed E-state index contributed by atoms with van der Waals surface area (Å²) in [4.78, 5) is 8.20. The lowest BCUT2D eigenvalue weighted by Gasteiger charge is -2.01. The molecule has 0 amide bonds. The molecule has 104 valence electrons. The quantitative estimate of drug-likeness (QED) is 0.458. The first kappa shape index (κ1) is 25.1. The van der Waals surface area contributed by atoms with Crippen molar-refractivity contribution in [2.45, 2.75) is 62.3 Å². The van der Waals surface area contributed by atoms with Gasteiger partial charge in [0.2, 0.25) is 0 Å². The number of rotatable bonds is 2. The Kier molecular flexibility index (Phi) is 35.9. The van der Waals surface area contributed by atoms with Crippen LogP contribution in [0.25, 0.3) is 0 Å². The molecular formula is C15H34N2. The molecule has 17 heavy (non-hydrogen) atoms. The number of amidine groups is 1. The Morgan fingerprint density at radius 3 is 1.53 bits per heavy atom. The van der Waals surface area contributed by atoms with Gasteiger partial charge in [-0.15, -0.1) is 0 Å². The molecule has 0 aliphatic rings. The number of hydrogen-bond donors (Lipinski definition) is 0. The van der Waals surface area contributed by atoms with Crippen molar-refractivity contribution in [1.82, 2.24) is 0 Å². The van der Waals surface area contributed by atoms with Crippen LogP contribution in [0.15, 0.2) is 22.1 Å². The van der Waals surface area contributed by atoms with Crippen LogP contribution in [0.1, 0.15) is 62.3 Å². The molecule has 0 aromatic heterocycles. The summed E-state index contributed by atoms with van der Waals surface area (Å²) in [7, 11) is 1.76. The van der Waals surface area contributed by atoms with E-state index in [2.05, 4.69) is 30.4 Å². The van der Waals surface area contributed by atoms with Crippen LogP contribution in [-0.4, -0.2) is 19.1 Å². The monoisotopic (exact) mass is 242 g/mol. The molecule has 0 radical (unpaired) electrons. The Labute approximate surface area is 110 Å². The van der Waals surface area contributed by atoms with Gasteiger partial charge in [-0.05, 0) is 12.5 Å². The Balaban J connectivity index is -0.000000121. The molecular weight excluding hydrogens is 208 g/mol. The first-order valence-corrected chi connectivity index (χ1v) is 6.74. The lowest BCUT2D eigenvalue weighted by Crippen LogP contribution is -2.04. The van der Waals surface area contributed by atoms with Gasteiger partial charge in [0, 0.05) is 19.2 Å². The molecule has 0 saturated heterocycles. The highest BCUT2D eigenvalue weighted by molar-refractivity contribution is 5.94. The minimum Gasteiger partial charge on any atom is -0.274 e. The van der Waals surface area contributed by atoms with E-state index in [4.69, 9.17) is 0 Å². The molecule has 0 rings (SSSR count). The summed E-state index contributed by atoms with van der Waals surface area (Å²) < 4.78 is 0. The van der Waals surface area contributed by atoms with Gasteiger partial charge in [0.1, 0.15) is 5.84 Å². The molecule has 2 heteroatoms. The topological polar surface area (TPSA) is 24.7 Å². The van der Waals surface area contributed by atoms with Crippen molar-refractivity contribution in [2.24, 2.45) is 15.9 Å². The molecule has 0 aliphatic carbocycles. The van der Waals surface area contributed by atoms with Crippen LogP contribution in [0, 0.1) is 5.92 Å². The van der Waals surface area contributed by atoms with Crippen molar-refractivity contribution in [3.05, 3.63) is 12.2 Å². The molecule has 0 saturated carbocycles. The van der Waals surface area contributed by atoms with Crippen LogP contribution >= 0.6 is 0 Å². The van der Waals surface area contributed by atoms with Gasteiger partial charge in [0.05, 0.1) is 0 Å². The standard InChI is InChI=1S/C9H16N2.3C2H6/c1-7(2)6-11-9(10-5)8(3)4;3*1-2/h6,8H,1H2,2-5H3;3*1-2H3. The van der Waals surface area contributed by atoms with E-state index < -0.39 is 0 Å². The minimum atomic E-state index is 0.385.